The van der Waals surface area contributed by atoms with Crippen molar-refractivity contribution in [3.05, 3.63) is 48.6 Å². The molecule has 0 aromatic heterocycles. The van der Waals surface area contributed by atoms with Crippen molar-refractivity contribution in [1.29, 1.82) is 0 Å². The van der Waals surface area contributed by atoms with Crippen molar-refractivity contribution < 1.29 is 39.8 Å². The number of hydrogen-bond acceptors (Lipinski definition) is 8. The summed E-state index contributed by atoms with van der Waals surface area (Å²) in [5.74, 6) is -0.140. The van der Waals surface area contributed by atoms with Crippen LogP contribution in [0.4, 0.5) is 0 Å². The molecular formula is C64H119NO8. The summed E-state index contributed by atoms with van der Waals surface area (Å²) in [6, 6.07) is -0.718. The van der Waals surface area contributed by atoms with E-state index in [0.29, 0.717) is 12.8 Å². The Bertz CT molecular complexity index is 1290. The fourth-order valence-corrected chi connectivity index (χ4v) is 10.0. The van der Waals surface area contributed by atoms with E-state index < -0.39 is 49.5 Å². The van der Waals surface area contributed by atoms with Gasteiger partial charge < -0.3 is 40.3 Å². The number of aliphatic hydroxyl groups excluding tert-OH is 5. The van der Waals surface area contributed by atoms with Gasteiger partial charge in [0.1, 0.15) is 24.4 Å². The van der Waals surface area contributed by atoms with Gasteiger partial charge in [-0.1, -0.05) is 287 Å². The lowest BCUT2D eigenvalue weighted by Gasteiger charge is -2.40. The van der Waals surface area contributed by atoms with E-state index >= 15 is 0 Å². The maximum absolute atomic E-state index is 13.1. The molecule has 6 N–H and O–H groups in total. The van der Waals surface area contributed by atoms with Gasteiger partial charge in [0, 0.05) is 6.42 Å². The molecule has 1 saturated heterocycles. The number of rotatable bonds is 54. The molecule has 0 aromatic rings. The molecule has 0 radical (unpaired) electrons. The third kappa shape index (κ3) is 42.9. The summed E-state index contributed by atoms with van der Waals surface area (Å²) in [6.45, 7) is 3.76. The van der Waals surface area contributed by atoms with E-state index in [2.05, 4.69) is 67.8 Å². The van der Waals surface area contributed by atoms with Crippen molar-refractivity contribution in [3.63, 3.8) is 0 Å². The van der Waals surface area contributed by atoms with Crippen LogP contribution in [-0.2, 0) is 14.3 Å². The van der Waals surface area contributed by atoms with Gasteiger partial charge in [0.25, 0.3) is 0 Å². The zero-order valence-corrected chi connectivity index (χ0v) is 47.6. The molecule has 0 spiro atoms. The Morgan fingerprint density at radius 2 is 0.849 bits per heavy atom. The second kappa shape index (κ2) is 53.5. The van der Waals surface area contributed by atoms with E-state index in [0.717, 1.165) is 64.2 Å². The number of amides is 1. The highest BCUT2D eigenvalue weighted by Crippen LogP contribution is 2.23. The van der Waals surface area contributed by atoms with Gasteiger partial charge in [0.15, 0.2) is 6.29 Å². The van der Waals surface area contributed by atoms with Gasteiger partial charge in [0.2, 0.25) is 5.91 Å². The van der Waals surface area contributed by atoms with Gasteiger partial charge in [-0.15, -0.1) is 0 Å². The molecule has 0 bridgehead atoms. The van der Waals surface area contributed by atoms with E-state index in [9.17, 15) is 30.3 Å². The molecule has 0 aromatic carbocycles. The molecule has 7 unspecified atom stereocenters. The molecule has 1 heterocycles. The Morgan fingerprint density at radius 1 is 0.479 bits per heavy atom. The van der Waals surface area contributed by atoms with E-state index in [4.69, 9.17) is 9.47 Å². The normalized spacial score (nSPS) is 19.4. The summed E-state index contributed by atoms with van der Waals surface area (Å²) in [5.41, 5.74) is 0. The van der Waals surface area contributed by atoms with Gasteiger partial charge in [-0.25, -0.2) is 0 Å². The van der Waals surface area contributed by atoms with Crippen molar-refractivity contribution in [2.75, 3.05) is 13.2 Å². The molecule has 0 aliphatic carbocycles. The maximum Gasteiger partial charge on any atom is 0.220 e. The maximum atomic E-state index is 13.1. The van der Waals surface area contributed by atoms with Crippen molar-refractivity contribution >= 4 is 5.91 Å². The number of nitrogens with one attached hydrogen (secondary N) is 1. The summed E-state index contributed by atoms with van der Waals surface area (Å²) >= 11 is 0. The van der Waals surface area contributed by atoms with Crippen LogP contribution in [0.1, 0.15) is 296 Å². The summed E-state index contributed by atoms with van der Waals surface area (Å²) in [7, 11) is 0. The number of carbonyl (C=O) groups is 1. The Hall–Kier alpha value is -1.85. The Labute approximate surface area is 450 Å². The molecule has 1 fully saturated rings. The first-order valence-corrected chi connectivity index (χ1v) is 31.3. The Kier molecular flexibility index (Phi) is 50.7. The van der Waals surface area contributed by atoms with Gasteiger partial charge in [0.05, 0.1) is 25.4 Å². The van der Waals surface area contributed by atoms with Crippen molar-refractivity contribution in [2.24, 2.45) is 0 Å². The predicted octanol–water partition coefficient (Wildman–Crippen LogP) is 16.1. The standard InChI is InChI=1S/C64H119NO8/c1-3-5-7-9-11-13-15-17-19-21-22-23-24-25-26-27-28-29-30-31-32-33-34-35-36-38-40-42-44-46-48-50-52-54-60(68)65-57(56-72-64-63(71)62(70)61(69)59(55-66)73-64)58(67)53-51-49-47-45-43-41-39-37-20-18-16-14-12-10-8-6-4-2/h5,7,11,13,17,19,22-23,57-59,61-64,66-67,69-71H,3-4,6,8-10,12,14-16,18,20-21,24-56H2,1-2H3,(H,65,68)/b7-5-,13-11-,19-17-,23-22-. The van der Waals surface area contributed by atoms with Crippen LogP contribution in [0.2, 0.25) is 0 Å². The van der Waals surface area contributed by atoms with Crippen LogP contribution in [-0.4, -0.2) is 87.5 Å². The van der Waals surface area contributed by atoms with Crippen LogP contribution in [0.3, 0.4) is 0 Å². The van der Waals surface area contributed by atoms with Crippen molar-refractivity contribution in [3.8, 4) is 0 Å². The first kappa shape index (κ1) is 69.2. The molecule has 9 heteroatoms. The number of unbranched alkanes of at least 4 members (excludes halogenated alkanes) is 36. The molecule has 428 valence electrons. The number of hydrogen-bond donors (Lipinski definition) is 6. The van der Waals surface area contributed by atoms with Crippen LogP contribution < -0.4 is 5.32 Å². The minimum Gasteiger partial charge on any atom is -0.394 e. The van der Waals surface area contributed by atoms with Crippen LogP contribution in [0, 0.1) is 0 Å². The minimum atomic E-state index is -1.55. The average molecular weight is 1030 g/mol. The lowest BCUT2D eigenvalue weighted by Crippen LogP contribution is -2.60. The largest absolute Gasteiger partial charge is 0.394 e. The molecule has 73 heavy (non-hydrogen) atoms. The predicted molar refractivity (Wildman–Crippen MR) is 309 cm³/mol. The SMILES string of the molecule is CC/C=C\C/C=C\C/C=C\C/C=C\CCCCCCCCCCCCCCCCCCCCCCC(=O)NC(COC1OC(CO)C(O)C(O)C1O)C(O)CCCCCCCCCCCCCCCCCCC. The van der Waals surface area contributed by atoms with Crippen LogP contribution in [0.25, 0.3) is 0 Å². The first-order chi connectivity index (χ1) is 35.8. The summed E-state index contributed by atoms with van der Waals surface area (Å²) in [4.78, 5) is 13.1. The van der Waals surface area contributed by atoms with Gasteiger partial charge >= 0.3 is 0 Å². The molecule has 7 atom stereocenters. The fraction of sp³-hybridized carbons (Fsp3) is 0.859. The second-order valence-corrected chi connectivity index (χ2v) is 21.8. The topological polar surface area (TPSA) is 149 Å². The average Bonchev–Trinajstić information content (AvgIpc) is 3.39. The number of aliphatic hydroxyl groups is 5. The molecule has 1 aliphatic heterocycles. The Morgan fingerprint density at radius 3 is 1.26 bits per heavy atom. The number of carbonyl (C=O) groups excluding carboxylic acids is 1. The monoisotopic (exact) mass is 1030 g/mol. The van der Waals surface area contributed by atoms with Gasteiger partial charge in [-0.2, -0.15) is 0 Å². The third-order valence-electron chi connectivity index (χ3n) is 14.9. The van der Waals surface area contributed by atoms with Crippen LogP contribution >= 0.6 is 0 Å². The molecular weight excluding hydrogens is 911 g/mol. The minimum absolute atomic E-state index is 0.135. The summed E-state index contributed by atoms with van der Waals surface area (Å²) in [5, 5.41) is 54.7. The van der Waals surface area contributed by atoms with E-state index in [1.54, 1.807) is 0 Å². The quantitative estimate of drug-likeness (QED) is 0.0261. The summed E-state index contributed by atoms with van der Waals surface area (Å²) < 4.78 is 11.3. The van der Waals surface area contributed by atoms with Crippen molar-refractivity contribution in [2.45, 2.75) is 339 Å². The third-order valence-corrected chi connectivity index (χ3v) is 14.9. The molecule has 0 saturated carbocycles. The lowest BCUT2D eigenvalue weighted by molar-refractivity contribution is -0.302. The van der Waals surface area contributed by atoms with Gasteiger partial charge in [-0.3, -0.25) is 4.79 Å². The van der Waals surface area contributed by atoms with Crippen LogP contribution in [0.5, 0.6) is 0 Å². The van der Waals surface area contributed by atoms with Gasteiger partial charge in [-0.05, 0) is 51.4 Å². The number of allylic oxidation sites excluding steroid dienone is 8. The Balaban J connectivity index is 2.10. The highest BCUT2D eigenvalue weighted by molar-refractivity contribution is 5.76. The van der Waals surface area contributed by atoms with E-state index in [-0.39, 0.29) is 12.5 Å². The fourth-order valence-electron chi connectivity index (χ4n) is 10.0. The molecule has 1 rings (SSSR count). The number of ether oxygens (including phenoxy) is 2. The molecule has 9 nitrogen and oxygen atoms in total. The second-order valence-electron chi connectivity index (χ2n) is 21.8. The highest BCUT2D eigenvalue weighted by Gasteiger charge is 2.44. The smallest absolute Gasteiger partial charge is 0.220 e. The zero-order chi connectivity index (χ0) is 52.9. The van der Waals surface area contributed by atoms with E-state index in [1.807, 2.05) is 0 Å². The first-order valence-electron chi connectivity index (χ1n) is 31.3. The molecule has 1 amide bonds. The van der Waals surface area contributed by atoms with E-state index in [1.165, 1.54) is 205 Å². The molecule has 1 aliphatic rings. The van der Waals surface area contributed by atoms with Crippen molar-refractivity contribution in [1.82, 2.24) is 5.32 Å². The zero-order valence-electron chi connectivity index (χ0n) is 47.6. The lowest BCUT2D eigenvalue weighted by atomic mass is 9.99. The van der Waals surface area contributed by atoms with Crippen LogP contribution in [0.15, 0.2) is 48.6 Å². The summed E-state index contributed by atoms with van der Waals surface area (Å²) in [6.07, 6.45) is 64.4. The highest BCUT2D eigenvalue weighted by atomic mass is 16.7.